The summed E-state index contributed by atoms with van der Waals surface area (Å²) >= 11 is 0. The first-order chi connectivity index (χ1) is 8.63. The monoisotopic (exact) mass is 252 g/mol. The van der Waals surface area contributed by atoms with E-state index in [9.17, 15) is 9.59 Å². The second-order valence-electron chi connectivity index (χ2n) is 3.36. The van der Waals surface area contributed by atoms with Crippen LogP contribution in [0.3, 0.4) is 0 Å². The van der Waals surface area contributed by atoms with Crippen LogP contribution in [-0.2, 0) is 4.74 Å². The van der Waals surface area contributed by atoms with Crippen LogP contribution in [0.1, 0.15) is 17.4 Å². The fourth-order valence-electron chi connectivity index (χ4n) is 1.25. The van der Waals surface area contributed by atoms with Crippen molar-refractivity contribution in [1.29, 1.82) is 0 Å². The van der Waals surface area contributed by atoms with Crippen molar-refractivity contribution in [3.05, 3.63) is 23.9 Å². The molecular weight excluding hydrogens is 236 g/mol. The number of hydrogen-bond donors (Lipinski definition) is 3. The van der Waals surface area contributed by atoms with E-state index < -0.39 is 6.09 Å². The smallest absolute Gasteiger partial charge is 0.404 e. The van der Waals surface area contributed by atoms with Crippen LogP contribution in [0.5, 0.6) is 0 Å². The number of amides is 2. The molecule has 7 heteroatoms. The van der Waals surface area contributed by atoms with Crippen LogP contribution in [0.15, 0.2) is 18.2 Å². The molecule has 0 fully saturated rings. The summed E-state index contributed by atoms with van der Waals surface area (Å²) < 4.78 is 4.48. The van der Waals surface area contributed by atoms with Crippen LogP contribution in [-0.4, -0.2) is 36.7 Å². The molecule has 0 saturated carbocycles. The summed E-state index contributed by atoms with van der Waals surface area (Å²) in [4.78, 5) is 26.1. The first kappa shape index (κ1) is 13.8. The van der Waals surface area contributed by atoms with E-state index in [1.165, 1.54) is 0 Å². The Labute approximate surface area is 105 Å². The van der Waals surface area contributed by atoms with E-state index in [2.05, 4.69) is 20.4 Å². The van der Waals surface area contributed by atoms with Crippen LogP contribution in [0.2, 0.25) is 0 Å². The zero-order valence-corrected chi connectivity index (χ0v) is 10.1. The standard InChI is InChI=1S/C11H16N4O3/c1-2-13-9-5-3-4-8(15-9)10(16)14-6-7-18-11(12)17/h3-5H,2,6-7H2,1H3,(H2,12,17)(H,13,15)(H,14,16). The molecule has 1 aromatic rings. The van der Waals surface area contributed by atoms with Gasteiger partial charge in [-0.2, -0.15) is 0 Å². The van der Waals surface area contributed by atoms with Gasteiger partial charge in [-0.25, -0.2) is 9.78 Å². The first-order valence-electron chi connectivity index (χ1n) is 5.55. The van der Waals surface area contributed by atoms with Crippen LogP contribution >= 0.6 is 0 Å². The van der Waals surface area contributed by atoms with Gasteiger partial charge in [-0.3, -0.25) is 4.79 Å². The SMILES string of the molecule is CCNc1cccc(C(=O)NCCOC(N)=O)n1. The van der Waals surface area contributed by atoms with Crippen LogP contribution in [0, 0.1) is 0 Å². The molecule has 0 saturated heterocycles. The molecule has 0 unspecified atom stereocenters. The Morgan fingerprint density at radius 2 is 2.22 bits per heavy atom. The van der Waals surface area contributed by atoms with Gasteiger partial charge >= 0.3 is 6.09 Å². The highest BCUT2D eigenvalue weighted by molar-refractivity contribution is 5.92. The third-order valence-electron chi connectivity index (χ3n) is 1.97. The molecule has 98 valence electrons. The Kier molecular flexibility index (Phi) is 5.43. The van der Waals surface area contributed by atoms with Crippen molar-refractivity contribution in [3.8, 4) is 0 Å². The number of carbonyl (C=O) groups is 2. The number of nitrogens with two attached hydrogens (primary N) is 1. The molecule has 4 N–H and O–H groups in total. The lowest BCUT2D eigenvalue weighted by Gasteiger charge is -2.06. The second-order valence-corrected chi connectivity index (χ2v) is 3.36. The number of primary amides is 1. The minimum Gasteiger partial charge on any atom is -0.448 e. The summed E-state index contributed by atoms with van der Waals surface area (Å²) in [6.45, 7) is 2.89. The van der Waals surface area contributed by atoms with Gasteiger partial charge in [-0.05, 0) is 19.1 Å². The lowest BCUT2D eigenvalue weighted by molar-refractivity contribution is 0.0932. The Morgan fingerprint density at radius 3 is 2.89 bits per heavy atom. The van der Waals surface area contributed by atoms with Crippen LogP contribution < -0.4 is 16.4 Å². The van der Waals surface area contributed by atoms with Crippen molar-refractivity contribution in [1.82, 2.24) is 10.3 Å². The zero-order chi connectivity index (χ0) is 13.4. The lowest BCUT2D eigenvalue weighted by atomic mass is 10.3. The normalized spacial score (nSPS) is 9.61. The lowest BCUT2D eigenvalue weighted by Crippen LogP contribution is -2.29. The molecule has 0 aliphatic carbocycles. The number of aromatic nitrogens is 1. The fraction of sp³-hybridized carbons (Fsp3) is 0.364. The average molecular weight is 252 g/mol. The molecule has 1 heterocycles. The molecule has 1 aromatic heterocycles. The number of rotatable bonds is 6. The maximum atomic E-state index is 11.7. The number of nitrogens with zero attached hydrogens (tertiary/aromatic N) is 1. The predicted octanol–water partition coefficient (Wildman–Crippen LogP) is 0.339. The summed E-state index contributed by atoms with van der Waals surface area (Å²) in [5, 5.41) is 5.57. The van der Waals surface area contributed by atoms with Gasteiger partial charge in [0.05, 0.1) is 6.54 Å². The van der Waals surface area contributed by atoms with Crippen molar-refractivity contribution < 1.29 is 14.3 Å². The number of pyridine rings is 1. The first-order valence-corrected chi connectivity index (χ1v) is 5.55. The molecule has 0 spiro atoms. The zero-order valence-electron chi connectivity index (χ0n) is 10.1. The van der Waals surface area contributed by atoms with Crippen molar-refractivity contribution in [3.63, 3.8) is 0 Å². The molecule has 0 aliphatic heterocycles. The van der Waals surface area contributed by atoms with Gasteiger partial charge in [-0.15, -0.1) is 0 Å². The molecule has 7 nitrogen and oxygen atoms in total. The summed E-state index contributed by atoms with van der Waals surface area (Å²) in [6, 6.07) is 5.11. The van der Waals surface area contributed by atoms with E-state index in [0.717, 1.165) is 6.54 Å². The molecule has 0 radical (unpaired) electrons. The van der Waals surface area contributed by atoms with E-state index in [1.54, 1.807) is 18.2 Å². The van der Waals surface area contributed by atoms with Gasteiger partial charge in [0.1, 0.15) is 18.1 Å². The van der Waals surface area contributed by atoms with Crippen molar-refractivity contribution in [2.75, 3.05) is 25.0 Å². The van der Waals surface area contributed by atoms with E-state index in [-0.39, 0.29) is 19.1 Å². The van der Waals surface area contributed by atoms with Crippen molar-refractivity contribution in [2.24, 2.45) is 5.73 Å². The molecule has 0 atom stereocenters. The van der Waals surface area contributed by atoms with Gasteiger partial charge in [0, 0.05) is 6.54 Å². The number of carbonyl (C=O) groups excluding carboxylic acids is 2. The number of anilines is 1. The third-order valence-corrected chi connectivity index (χ3v) is 1.97. The Morgan fingerprint density at radius 1 is 1.44 bits per heavy atom. The van der Waals surface area contributed by atoms with E-state index >= 15 is 0 Å². The molecule has 1 rings (SSSR count). The molecule has 0 aromatic carbocycles. The summed E-state index contributed by atoms with van der Waals surface area (Å²) in [7, 11) is 0. The highest BCUT2D eigenvalue weighted by Gasteiger charge is 2.07. The van der Waals surface area contributed by atoms with Gasteiger partial charge < -0.3 is 21.1 Å². The maximum Gasteiger partial charge on any atom is 0.404 e. The quantitative estimate of drug-likeness (QED) is 0.633. The minimum atomic E-state index is -0.864. The third kappa shape index (κ3) is 4.69. The number of ether oxygens (including phenoxy) is 1. The fourth-order valence-corrected chi connectivity index (χ4v) is 1.25. The highest BCUT2D eigenvalue weighted by atomic mass is 16.5. The van der Waals surface area contributed by atoms with Crippen LogP contribution in [0.25, 0.3) is 0 Å². The molecule has 0 aliphatic rings. The average Bonchev–Trinajstić information content (AvgIpc) is 2.35. The van der Waals surface area contributed by atoms with Gasteiger partial charge in [0.2, 0.25) is 0 Å². The minimum absolute atomic E-state index is 0.0357. The number of nitrogens with one attached hydrogen (secondary N) is 2. The molecule has 0 bridgehead atoms. The molecular formula is C11H16N4O3. The second kappa shape index (κ2) is 7.10. The van der Waals surface area contributed by atoms with Gasteiger partial charge in [0.25, 0.3) is 5.91 Å². The van der Waals surface area contributed by atoms with Gasteiger partial charge in [0.15, 0.2) is 0 Å². The molecule has 18 heavy (non-hydrogen) atoms. The van der Waals surface area contributed by atoms with Crippen LogP contribution in [0.4, 0.5) is 10.6 Å². The highest BCUT2D eigenvalue weighted by Crippen LogP contribution is 2.04. The van der Waals surface area contributed by atoms with Gasteiger partial charge in [-0.1, -0.05) is 6.07 Å². The Balaban J connectivity index is 2.45. The summed E-state index contributed by atoms with van der Waals surface area (Å²) in [5.41, 5.74) is 5.08. The Hall–Kier alpha value is -2.31. The van der Waals surface area contributed by atoms with Crippen molar-refractivity contribution >= 4 is 17.8 Å². The van der Waals surface area contributed by atoms with E-state index in [4.69, 9.17) is 5.73 Å². The van der Waals surface area contributed by atoms with Crippen molar-refractivity contribution in [2.45, 2.75) is 6.92 Å². The largest absolute Gasteiger partial charge is 0.448 e. The summed E-state index contributed by atoms with van der Waals surface area (Å²) in [5.74, 6) is 0.307. The van der Waals surface area contributed by atoms with E-state index in [1.807, 2.05) is 6.92 Å². The number of hydrogen-bond acceptors (Lipinski definition) is 5. The maximum absolute atomic E-state index is 11.7. The van der Waals surface area contributed by atoms with E-state index in [0.29, 0.717) is 11.5 Å². The summed E-state index contributed by atoms with van der Waals surface area (Å²) in [6.07, 6.45) is -0.864. The Bertz CT molecular complexity index is 423. The predicted molar refractivity (Wildman–Crippen MR) is 66.3 cm³/mol. The molecule has 2 amide bonds. The topological polar surface area (TPSA) is 106 Å².